The highest BCUT2D eigenvalue weighted by molar-refractivity contribution is 5.77. The molecule has 90 valence electrons. The Morgan fingerprint density at radius 2 is 2.29 bits per heavy atom. The first-order valence-corrected chi connectivity index (χ1v) is 5.71. The van der Waals surface area contributed by atoms with Gasteiger partial charge in [0.15, 0.2) is 0 Å². The van der Waals surface area contributed by atoms with Crippen LogP contribution in [0.15, 0.2) is 18.5 Å². The Balaban J connectivity index is 2.36. The maximum absolute atomic E-state index is 11.5. The van der Waals surface area contributed by atoms with E-state index in [0.717, 1.165) is 23.4 Å². The summed E-state index contributed by atoms with van der Waals surface area (Å²) in [6.45, 7) is 4.99. The molecule has 0 fully saturated rings. The van der Waals surface area contributed by atoms with E-state index in [-0.39, 0.29) is 12.4 Å². The van der Waals surface area contributed by atoms with Crippen LogP contribution in [0.5, 0.6) is 0 Å². The van der Waals surface area contributed by atoms with Crippen LogP contribution in [0.3, 0.4) is 0 Å². The molecule has 2 aromatic rings. The monoisotopic (exact) mass is 233 g/mol. The van der Waals surface area contributed by atoms with Gasteiger partial charge in [0.05, 0.1) is 18.3 Å². The molecule has 5 nitrogen and oxygen atoms in total. The Kier molecular flexibility index (Phi) is 3.37. The molecule has 0 unspecified atom stereocenters. The summed E-state index contributed by atoms with van der Waals surface area (Å²) in [5, 5.41) is 0. The third-order valence-electron chi connectivity index (χ3n) is 2.55. The number of esters is 1. The standard InChI is InChI=1S/C12H15N3O2/c1-3-15-10-5-6-13-8-9(10)14-11(15)7-12(16)17-4-2/h5-6,8H,3-4,7H2,1-2H3. The predicted octanol–water partition coefficient (Wildman–Crippen LogP) is 1.56. The molecule has 0 atom stereocenters. The Morgan fingerprint density at radius 3 is 3.00 bits per heavy atom. The van der Waals surface area contributed by atoms with E-state index in [1.807, 2.05) is 17.6 Å². The molecule has 0 aliphatic carbocycles. The van der Waals surface area contributed by atoms with Gasteiger partial charge in [0.2, 0.25) is 0 Å². The molecular weight excluding hydrogens is 218 g/mol. The number of rotatable bonds is 4. The average molecular weight is 233 g/mol. The van der Waals surface area contributed by atoms with Crippen molar-refractivity contribution in [1.29, 1.82) is 0 Å². The summed E-state index contributed by atoms with van der Waals surface area (Å²) in [6, 6.07) is 1.90. The largest absolute Gasteiger partial charge is 0.466 e. The van der Waals surface area contributed by atoms with Gasteiger partial charge in [0, 0.05) is 12.7 Å². The Hall–Kier alpha value is -1.91. The third-order valence-corrected chi connectivity index (χ3v) is 2.55. The van der Waals surface area contributed by atoms with Gasteiger partial charge >= 0.3 is 5.97 Å². The lowest BCUT2D eigenvalue weighted by Crippen LogP contribution is -2.12. The summed E-state index contributed by atoms with van der Waals surface area (Å²) < 4.78 is 6.94. The first-order valence-electron chi connectivity index (χ1n) is 5.71. The lowest BCUT2D eigenvalue weighted by atomic mass is 10.4. The quantitative estimate of drug-likeness (QED) is 0.752. The molecule has 0 spiro atoms. The van der Waals surface area contributed by atoms with Gasteiger partial charge in [0.1, 0.15) is 17.8 Å². The molecule has 0 aliphatic rings. The first kappa shape index (κ1) is 11.6. The number of hydrogen-bond donors (Lipinski definition) is 0. The highest BCUT2D eigenvalue weighted by Gasteiger charge is 2.13. The van der Waals surface area contributed by atoms with Crippen molar-refractivity contribution in [1.82, 2.24) is 14.5 Å². The number of aryl methyl sites for hydroxylation is 1. The van der Waals surface area contributed by atoms with Crippen LogP contribution in [0.1, 0.15) is 19.7 Å². The van der Waals surface area contributed by atoms with Crippen LogP contribution in [0, 0.1) is 0 Å². The zero-order valence-corrected chi connectivity index (χ0v) is 10.0. The van der Waals surface area contributed by atoms with Crippen LogP contribution in [0.4, 0.5) is 0 Å². The zero-order chi connectivity index (χ0) is 12.3. The van der Waals surface area contributed by atoms with Crippen molar-refractivity contribution >= 4 is 17.0 Å². The van der Waals surface area contributed by atoms with Gasteiger partial charge in [-0.25, -0.2) is 4.98 Å². The second-order valence-corrected chi connectivity index (χ2v) is 3.62. The average Bonchev–Trinajstić information content (AvgIpc) is 2.66. The van der Waals surface area contributed by atoms with E-state index in [0.29, 0.717) is 6.61 Å². The van der Waals surface area contributed by atoms with E-state index < -0.39 is 0 Å². The van der Waals surface area contributed by atoms with Crippen molar-refractivity contribution in [3.8, 4) is 0 Å². The van der Waals surface area contributed by atoms with Gasteiger partial charge < -0.3 is 9.30 Å². The fourth-order valence-electron chi connectivity index (χ4n) is 1.86. The molecule has 0 amide bonds. The summed E-state index contributed by atoms with van der Waals surface area (Å²) in [5.74, 6) is 0.486. The Labute approximate surface area is 99.4 Å². The zero-order valence-electron chi connectivity index (χ0n) is 10.0. The number of imidazole rings is 1. The second-order valence-electron chi connectivity index (χ2n) is 3.62. The van der Waals surface area contributed by atoms with Gasteiger partial charge in [-0.1, -0.05) is 0 Å². The van der Waals surface area contributed by atoms with Gasteiger partial charge in [0.25, 0.3) is 0 Å². The molecule has 0 saturated carbocycles. The van der Waals surface area contributed by atoms with Crippen molar-refractivity contribution in [2.24, 2.45) is 0 Å². The van der Waals surface area contributed by atoms with Crippen LogP contribution in [-0.2, 0) is 22.5 Å². The molecule has 0 N–H and O–H groups in total. The number of nitrogens with zero attached hydrogens (tertiary/aromatic N) is 3. The van der Waals surface area contributed by atoms with Crippen molar-refractivity contribution in [2.45, 2.75) is 26.8 Å². The van der Waals surface area contributed by atoms with Crippen molar-refractivity contribution in [3.63, 3.8) is 0 Å². The minimum atomic E-state index is -0.245. The number of ether oxygens (including phenoxy) is 1. The van der Waals surface area contributed by atoms with E-state index in [1.54, 1.807) is 19.3 Å². The van der Waals surface area contributed by atoms with Crippen molar-refractivity contribution < 1.29 is 9.53 Å². The molecule has 0 aliphatic heterocycles. The SMILES string of the molecule is CCOC(=O)Cc1nc2cnccc2n1CC. The van der Waals surface area contributed by atoms with E-state index in [2.05, 4.69) is 9.97 Å². The Morgan fingerprint density at radius 1 is 1.47 bits per heavy atom. The van der Waals surface area contributed by atoms with Gasteiger partial charge in [-0.3, -0.25) is 9.78 Å². The topological polar surface area (TPSA) is 57.0 Å². The minimum absolute atomic E-state index is 0.205. The molecule has 0 aromatic carbocycles. The number of carbonyl (C=O) groups is 1. The lowest BCUT2D eigenvalue weighted by molar-refractivity contribution is -0.142. The summed E-state index contributed by atoms with van der Waals surface area (Å²) >= 11 is 0. The molecule has 2 heterocycles. The molecule has 17 heavy (non-hydrogen) atoms. The van der Waals surface area contributed by atoms with Crippen LogP contribution in [-0.4, -0.2) is 27.1 Å². The van der Waals surface area contributed by atoms with Crippen LogP contribution >= 0.6 is 0 Å². The number of fused-ring (bicyclic) bond motifs is 1. The minimum Gasteiger partial charge on any atom is -0.466 e. The predicted molar refractivity (Wildman–Crippen MR) is 63.5 cm³/mol. The molecule has 0 radical (unpaired) electrons. The van der Waals surface area contributed by atoms with Gasteiger partial charge in [-0.2, -0.15) is 0 Å². The van der Waals surface area contributed by atoms with E-state index >= 15 is 0 Å². The fraction of sp³-hybridized carbons (Fsp3) is 0.417. The van der Waals surface area contributed by atoms with Crippen LogP contribution < -0.4 is 0 Å². The molecule has 0 bridgehead atoms. The summed E-state index contributed by atoms with van der Waals surface area (Å²) in [5.41, 5.74) is 1.82. The van der Waals surface area contributed by atoms with Gasteiger partial charge in [-0.15, -0.1) is 0 Å². The highest BCUT2D eigenvalue weighted by atomic mass is 16.5. The van der Waals surface area contributed by atoms with Crippen molar-refractivity contribution in [2.75, 3.05) is 6.61 Å². The summed E-state index contributed by atoms with van der Waals surface area (Å²) in [4.78, 5) is 19.9. The molecular formula is C12H15N3O2. The lowest BCUT2D eigenvalue weighted by Gasteiger charge is -2.05. The molecule has 5 heteroatoms. The summed E-state index contributed by atoms with van der Waals surface area (Å²) in [6.07, 6.45) is 3.64. The maximum Gasteiger partial charge on any atom is 0.313 e. The summed E-state index contributed by atoms with van der Waals surface area (Å²) in [7, 11) is 0. The fourth-order valence-corrected chi connectivity index (χ4v) is 1.86. The van der Waals surface area contributed by atoms with Crippen LogP contribution in [0.25, 0.3) is 11.0 Å². The number of aromatic nitrogens is 3. The maximum atomic E-state index is 11.5. The first-order chi connectivity index (χ1) is 8.26. The molecule has 0 saturated heterocycles. The van der Waals surface area contributed by atoms with Crippen LogP contribution in [0.2, 0.25) is 0 Å². The number of carbonyl (C=O) groups excluding carboxylic acids is 1. The molecule has 2 aromatic heterocycles. The molecule has 2 rings (SSSR count). The van der Waals surface area contributed by atoms with E-state index in [1.165, 1.54) is 0 Å². The smallest absolute Gasteiger partial charge is 0.313 e. The number of hydrogen-bond acceptors (Lipinski definition) is 4. The van der Waals surface area contributed by atoms with Crippen molar-refractivity contribution in [3.05, 3.63) is 24.3 Å². The van der Waals surface area contributed by atoms with Gasteiger partial charge in [-0.05, 0) is 19.9 Å². The van der Waals surface area contributed by atoms with E-state index in [4.69, 9.17) is 4.74 Å². The normalized spacial score (nSPS) is 10.7. The number of pyridine rings is 1. The van der Waals surface area contributed by atoms with E-state index in [9.17, 15) is 4.79 Å². The Bertz CT molecular complexity index is 534. The third kappa shape index (κ3) is 2.27. The second kappa shape index (κ2) is 4.95. The highest BCUT2D eigenvalue weighted by Crippen LogP contribution is 2.15.